The Labute approximate surface area is 112 Å². The molecule has 1 saturated heterocycles. The lowest BCUT2D eigenvalue weighted by molar-refractivity contribution is -0.135. The minimum Gasteiger partial charge on any atom is -0.396 e. The van der Waals surface area contributed by atoms with Gasteiger partial charge in [-0.05, 0) is 18.8 Å². The first kappa shape index (κ1) is 12.6. The number of carbonyl (C=O) groups is 1. The van der Waals surface area contributed by atoms with Crippen molar-refractivity contribution in [2.75, 3.05) is 19.7 Å². The number of H-pyrrole nitrogens is 1. The minimum atomic E-state index is -0.173. The molecule has 0 aromatic carbocycles. The normalized spacial score (nSPS) is 27.1. The molecule has 2 aliphatic rings. The second-order valence-electron chi connectivity index (χ2n) is 5.44. The van der Waals surface area contributed by atoms with Gasteiger partial charge in [0.15, 0.2) is 0 Å². The molecule has 104 valence electrons. The van der Waals surface area contributed by atoms with E-state index >= 15 is 0 Å². The first-order chi connectivity index (χ1) is 9.28. The molecule has 1 aromatic rings. The quantitative estimate of drug-likeness (QED) is 0.682. The molecule has 1 aromatic heterocycles. The third-order valence-corrected chi connectivity index (χ3v) is 4.12. The van der Waals surface area contributed by atoms with Gasteiger partial charge in [0.05, 0.1) is 23.8 Å². The minimum absolute atomic E-state index is 0.145. The number of carbonyl (C=O) groups excluding carboxylic acids is 1. The summed E-state index contributed by atoms with van der Waals surface area (Å²) in [5.74, 6) is 0.383. The Morgan fingerprint density at radius 2 is 2.47 bits per heavy atom. The Morgan fingerprint density at radius 1 is 1.58 bits per heavy atom. The van der Waals surface area contributed by atoms with Crippen LogP contribution in [0.1, 0.15) is 24.2 Å². The van der Waals surface area contributed by atoms with E-state index in [9.17, 15) is 9.90 Å². The van der Waals surface area contributed by atoms with E-state index in [2.05, 4.69) is 15.3 Å². The molecule has 3 rings (SSSR count). The van der Waals surface area contributed by atoms with E-state index in [1.807, 2.05) is 4.90 Å². The highest BCUT2D eigenvalue weighted by Crippen LogP contribution is 2.19. The van der Waals surface area contributed by atoms with Crippen LogP contribution in [-0.2, 0) is 17.8 Å². The van der Waals surface area contributed by atoms with E-state index in [4.69, 9.17) is 0 Å². The summed E-state index contributed by atoms with van der Waals surface area (Å²) >= 11 is 0. The molecule has 0 saturated carbocycles. The number of piperidine rings is 1. The van der Waals surface area contributed by atoms with E-state index in [0.29, 0.717) is 19.5 Å². The summed E-state index contributed by atoms with van der Waals surface area (Å²) < 4.78 is 0. The Kier molecular flexibility index (Phi) is 3.52. The average Bonchev–Trinajstić information content (AvgIpc) is 2.94. The van der Waals surface area contributed by atoms with Gasteiger partial charge in [0.25, 0.3) is 0 Å². The third kappa shape index (κ3) is 2.50. The molecule has 3 heterocycles. The predicted molar refractivity (Wildman–Crippen MR) is 69.3 cm³/mol. The number of nitrogens with one attached hydrogen (secondary N) is 2. The number of amides is 1. The SMILES string of the molecule is O=C(C1Cc2nc[nH]c2CN1)N1CCCC(CO)C1. The summed E-state index contributed by atoms with van der Waals surface area (Å²) in [6, 6.07) is -0.173. The van der Waals surface area contributed by atoms with Gasteiger partial charge in [-0.3, -0.25) is 10.1 Å². The number of aliphatic hydroxyl groups excluding tert-OH is 1. The van der Waals surface area contributed by atoms with Crippen LogP contribution >= 0.6 is 0 Å². The van der Waals surface area contributed by atoms with Crippen LogP contribution in [0.5, 0.6) is 0 Å². The highest BCUT2D eigenvalue weighted by atomic mass is 16.3. The number of hydrogen-bond acceptors (Lipinski definition) is 4. The van der Waals surface area contributed by atoms with Crippen molar-refractivity contribution < 1.29 is 9.90 Å². The second-order valence-corrected chi connectivity index (χ2v) is 5.44. The first-order valence-electron chi connectivity index (χ1n) is 6.92. The summed E-state index contributed by atoms with van der Waals surface area (Å²) in [6.07, 6.45) is 4.33. The number of fused-ring (bicyclic) bond motifs is 1. The van der Waals surface area contributed by atoms with Crippen molar-refractivity contribution in [2.24, 2.45) is 5.92 Å². The highest BCUT2D eigenvalue weighted by molar-refractivity contribution is 5.82. The molecule has 0 aliphatic carbocycles. The summed E-state index contributed by atoms with van der Waals surface area (Å²) in [7, 11) is 0. The van der Waals surface area contributed by atoms with Crippen LogP contribution < -0.4 is 5.32 Å². The van der Waals surface area contributed by atoms with Crippen molar-refractivity contribution in [1.29, 1.82) is 0 Å². The number of nitrogens with zero attached hydrogens (tertiary/aromatic N) is 2. The average molecular weight is 264 g/mol. The number of likely N-dealkylation sites (tertiary alicyclic amines) is 1. The fraction of sp³-hybridized carbons (Fsp3) is 0.692. The van der Waals surface area contributed by atoms with Crippen molar-refractivity contribution in [3.8, 4) is 0 Å². The van der Waals surface area contributed by atoms with Gasteiger partial charge in [0, 0.05) is 32.7 Å². The van der Waals surface area contributed by atoms with Gasteiger partial charge >= 0.3 is 0 Å². The molecule has 0 radical (unpaired) electrons. The van der Waals surface area contributed by atoms with Crippen LogP contribution in [0.3, 0.4) is 0 Å². The highest BCUT2D eigenvalue weighted by Gasteiger charge is 2.31. The van der Waals surface area contributed by atoms with Gasteiger partial charge in [0.2, 0.25) is 5.91 Å². The van der Waals surface area contributed by atoms with Gasteiger partial charge in [-0.25, -0.2) is 4.98 Å². The molecule has 3 N–H and O–H groups in total. The maximum atomic E-state index is 12.5. The maximum absolute atomic E-state index is 12.5. The van der Waals surface area contributed by atoms with Crippen LogP contribution in [0.15, 0.2) is 6.33 Å². The Morgan fingerprint density at radius 3 is 3.32 bits per heavy atom. The fourth-order valence-electron chi connectivity index (χ4n) is 2.98. The third-order valence-electron chi connectivity index (χ3n) is 4.12. The molecule has 6 heteroatoms. The van der Waals surface area contributed by atoms with Gasteiger partial charge < -0.3 is 15.0 Å². The largest absolute Gasteiger partial charge is 0.396 e. The molecule has 2 aliphatic heterocycles. The van der Waals surface area contributed by atoms with Gasteiger partial charge in [-0.2, -0.15) is 0 Å². The summed E-state index contributed by atoms with van der Waals surface area (Å²) in [4.78, 5) is 21.7. The molecular weight excluding hydrogens is 244 g/mol. The number of aromatic nitrogens is 2. The number of imidazole rings is 1. The lowest BCUT2D eigenvalue weighted by Gasteiger charge is -2.35. The molecule has 2 atom stereocenters. The van der Waals surface area contributed by atoms with Crippen molar-refractivity contribution in [3.05, 3.63) is 17.7 Å². The number of aromatic amines is 1. The summed E-state index contributed by atoms with van der Waals surface area (Å²) in [6.45, 7) is 2.33. The molecular formula is C13H20N4O2. The smallest absolute Gasteiger partial charge is 0.240 e. The molecule has 2 unspecified atom stereocenters. The van der Waals surface area contributed by atoms with E-state index in [-0.39, 0.29) is 24.5 Å². The fourth-order valence-corrected chi connectivity index (χ4v) is 2.98. The monoisotopic (exact) mass is 264 g/mol. The Balaban J connectivity index is 1.65. The van der Waals surface area contributed by atoms with Crippen LogP contribution in [0, 0.1) is 5.92 Å². The zero-order valence-corrected chi connectivity index (χ0v) is 10.9. The maximum Gasteiger partial charge on any atom is 0.240 e. The molecule has 1 amide bonds. The van der Waals surface area contributed by atoms with Crippen molar-refractivity contribution >= 4 is 5.91 Å². The zero-order chi connectivity index (χ0) is 13.2. The molecule has 6 nitrogen and oxygen atoms in total. The number of hydrogen-bond donors (Lipinski definition) is 3. The first-order valence-corrected chi connectivity index (χ1v) is 6.92. The predicted octanol–water partition coefficient (Wildman–Crippen LogP) is -0.345. The number of rotatable bonds is 2. The van der Waals surface area contributed by atoms with Gasteiger partial charge in [0.1, 0.15) is 0 Å². The standard InChI is InChI=1S/C13H20N4O2/c18-7-9-2-1-3-17(6-9)13(19)11-4-10-12(5-14-11)16-8-15-10/h8-9,11,14,18H,1-7H2,(H,15,16). The van der Waals surface area contributed by atoms with Crippen LogP contribution in [0.25, 0.3) is 0 Å². The van der Waals surface area contributed by atoms with E-state index < -0.39 is 0 Å². The molecule has 19 heavy (non-hydrogen) atoms. The lowest BCUT2D eigenvalue weighted by Crippen LogP contribution is -2.52. The Hall–Kier alpha value is -1.40. The molecule has 1 fully saturated rings. The van der Waals surface area contributed by atoms with Crippen molar-refractivity contribution in [2.45, 2.75) is 31.8 Å². The van der Waals surface area contributed by atoms with Gasteiger partial charge in [-0.15, -0.1) is 0 Å². The Bertz CT molecular complexity index is 459. The van der Waals surface area contributed by atoms with Crippen LogP contribution in [0.2, 0.25) is 0 Å². The zero-order valence-electron chi connectivity index (χ0n) is 10.9. The second kappa shape index (κ2) is 5.30. The lowest BCUT2D eigenvalue weighted by atomic mass is 9.97. The summed E-state index contributed by atoms with van der Waals surface area (Å²) in [5.41, 5.74) is 2.07. The van der Waals surface area contributed by atoms with E-state index in [1.165, 1.54) is 0 Å². The van der Waals surface area contributed by atoms with Crippen molar-refractivity contribution in [1.82, 2.24) is 20.2 Å². The molecule has 0 bridgehead atoms. The number of aliphatic hydroxyl groups is 1. The summed E-state index contributed by atoms with van der Waals surface area (Å²) in [5, 5.41) is 12.5. The van der Waals surface area contributed by atoms with Crippen LogP contribution in [0.4, 0.5) is 0 Å². The van der Waals surface area contributed by atoms with Crippen LogP contribution in [-0.4, -0.2) is 51.6 Å². The van der Waals surface area contributed by atoms with E-state index in [1.54, 1.807) is 6.33 Å². The van der Waals surface area contributed by atoms with E-state index in [0.717, 1.165) is 30.8 Å². The topological polar surface area (TPSA) is 81.2 Å². The molecule has 0 spiro atoms. The van der Waals surface area contributed by atoms with Gasteiger partial charge in [-0.1, -0.05) is 0 Å². The van der Waals surface area contributed by atoms with Crippen molar-refractivity contribution in [3.63, 3.8) is 0 Å².